The molecule has 0 aliphatic carbocycles. The highest BCUT2D eigenvalue weighted by molar-refractivity contribution is 7.13. The Labute approximate surface area is 123 Å². The van der Waals surface area contributed by atoms with E-state index >= 15 is 0 Å². The Kier molecular flexibility index (Phi) is 5.17. The van der Waals surface area contributed by atoms with E-state index in [0.717, 1.165) is 23.0 Å². The van der Waals surface area contributed by atoms with Gasteiger partial charge in [-0.25, -0.2) is 4.98 Å². The minimum Gasteiger partial charge on any atom is -0.443 e. The zero-order valence-electron chi connectivity index (χ0n) is 12.0. The van der Waals surface area contributed by atoms with E-state index in [-0.39, 0.29) is 0 Å². The third-order valence-corrected chi connectivity index (χ3v) is 3.80. The number of hydrogen-bond donors (Lipinski definition) is 2. The number of thiophene rings is 1. The summed E-state index contributed by atoms with van der Waals surface area (Å²) in [5, 5.41) is 8.54. The van der Waals surface area contributed by atoms with Crippen molar-refractivity contribution in [2.24, 2.45) is 4.99 Å². The highest BCUT2D eigenvalue weighted by Crippen LogP contribution is 2.23. The lowest BCUT2D eigenvalue weighted by atomic mass is 10.3. The molecule has 2 aromatic rings. The zero-order chi connectivity index (χ0) is 14.4. The molecule has 108 valence electrons. The molecule has 6 heteroatoms. The Morgan fingerprint density at radius 1 is 1.55 bits per heavy atom. The Bertz CT molecular complexity index is 547. The van der Waals surface area contributed by atoms with Gasteiger partial charge in [-0.1, -0.05) is 13.0 Å². The molecule has 0 fully saturated rings. The van der Waals surface area contributed by atoms with E-state index in [2.05, 4.69) is 34.5 Å². The standard InChI is InChI=1S/C14H20N4OS/c1-4-10(2)17-14(15-3)16-8-11-9-19-13(18-11)12-6-5-7-20-12/h5-7,9-10H,4,8H2,1-3H3,(H2,15,16,17). The first-order chi connectivity index (χ1) is 9.72. The second-order valence-electron chi connectivity index (χ2n) is 4.50. The average Bonchev–Trinajstić information content (AvgIpc) is 3.13. The van der Waals surface area contributed by atoms with Crippen LogP contribution in [0.4, 0.5) is 0 Å². The molecule has 0 saturated carbocycles. The minimum atomic E-state index is 0.389. The number of aromatic nitrogens is 1. The molecule has 20 heavy (non-hydrogen) atoms. The molecule has 0 aromatic carbocycles. The number of rotatable bonds is 5. The molecule has 1 atom stereocenters. The van der Waals surface area contributed by atoms with Crippen molar-refractivity contribution in [1.29, 1.82) is 0 Å². The number of aliphatic imine (C=N–C) groups is 1. The molecule has 1 unspecified atom stereocenters. The van der Waals surface area contributed by atoms with Gasteiger partial charge in [-0.3, -0.25) is 4.99 Å². The molecular formula is C14H20N4OS. The third-order valence-electron chi connectivity index (χ3n) is 2.94. The van der Waals surface area contributed by atoms with Crippen LogP contribution in [0.3, 0.4) is 0 Å². The Balaban J connectivity index is 1.91. The van der Waals surface area contributed by atoms with E-state index in [4.69, 9.17) is 4.42 Å². The Hall–Kier alpha value is -1.82. The number of hydrogen-bond acceptors (Lipinski definition) is 4. The lowest BCUT2D eigenvalue weighted by Crippen LogP contribution is -2.41. The SMILES string of the molecule is CCC(C)NC(=NC)NCc1coc(-c2cccs2)n1. The van der Waals surface area contributed by atoms with Crippen LogP contribution < -0.4 is 10.6 Å². The smallest absolute Gasteiger partial charge is 0.236 e. The van der Waals surface area contributed by atoms with Crippen molar-refractivity contribution in [2.45, 2.75) is 32.9 Å². The molecular weight excluding hydrogens is 272 g/mol. The number of oxazole rings is 1. The molecule has 0 aliphatic heterocycles. The molecule has 0 bridgehead atoms. The predicted octanol–water partition coefficient (Wildman–Crippen LogP) is 2.87. The maximum atomic E-state index is 5.48. The number of nitrogens with zero attached hydrogens (tertiary/aromatic N) is 2. The fraction of sp³-hybridized carbons (Fsp3) is 0.429. The van der Waals surface area contributed by atoms with E-state index < -0.39 is 0 Å². The molecule has 0 aliphatic rings. The molecule has 2 heterocycles. The van der Waals surface area contributed by atoms with Crippen LogP contribution >= 0.6 is 11.3 Å². The van der Waals surface area contributed by atoms with E-state index in [1.807, 2.05) is 17.5 Å². The topological polar surface area (TPSA) is 62.5 Å². The van der Waals surface area contributed by atoms with Gasteiger partial charge in [-0.05, 0) is 24.8 Å². The van der Waals surface area contributed by atoms with Gasteiger partial charge in [0.25, 0.3) is 0 Å². The molecule has 0 spiro atoms. The van der Waals surface area contributed by atoms with E-state index in [9.17, 15) is 0 Å². The minimum absolute atomic E-state index is 0.389. The van der Waals surface area contributed by atoms with Crippen LogP contribution in [0.15, 0.2) is 33.2 Å². The first-order valence-corrected chi connectivity index (χ1v) is 7.56. The fourth-order valence-electron chi connectivity index (χ4n) is 1.61. The van der Waals surface area contributed by atoms with E-state index in [1.54, 1.807) is 24.6 Å². The summed E-state index contributed by atoms with van der Waals surface area (Å²) in [4.78, 5) is 9.68. The van der Waals surface area contributed by atoms with Gasteiger partial charge in [-0.15, -0.1) is 11.3 Å². The maximum Gasteiger partial charge on any atom is 0.236 e. The van der Waals surface area contributed by atoms with Gasteiger partial charge in [0.2, 0.25) is 5.89 Å². The lowest BCUT2D eigenvalue weighted by molar-refractivity contribution is 0.573. The molecule has 2 aromatic heterocycles. The fourth-order valence-corrected chi connectivity index (χ4v) is 2.26. The Morgan fingerprint density at radius 3 is 3.05 bits per heavy atom. The van der Waals surface area contributed by atoms with Crippen molar-refractivity contribution in [2.75, 3.05) is 7.05 Å². The summed E-state index contributed by atoms with van der Waals surface area (Å²) >= 11 is 1.62. The summed E-state index contributed by atoms with van der Waals surface area (Å²) in [7, 11) is 1.76. The van der Waals surface area contributed by atoms with Gasteiger partial charge in [0, 0.05) is 13.1 Å². The lowest BCUT2D eigenvalue weighted by Gasteiger charge is -2.15. The van der Waals surface area contributed by atoms with Crippen LogP contribution in [0.25, 0.3) is 10.8 Å². The largest absolute Gasteiger partial charge is 0.443 e. The van der Waals surface area contributed by atoms with Gasteiger partial charge in [0.1, 0.15) is 6.26 Å². The van der Waals surface area contributed by atoms with Gasteiger partial charge >= 0.3 is 0 Å². The molecule has 2 N–H and O–H groups in total. The summed E-state index contributed by atoms with van der Waals surface area (Å²) in [6.07, 6.45) is 2.73. The van der Waals surface area contributed by atoms with Crippen LogP contribution in [0.1, 0.15) is 26.0 Å². The average molecular weight is 292 g/mol. The van der Waals surface area contributed by atoms with Crippen molar-refractivity contribution >= 4 is 17.3 Å². The van der Waals surface area contributed by atoms with Crippen molar-refractivity contribution in [3.63, 3.8) is 0 Å². The number of guanidine groups is 1. The molecule has 2 rings (SSSR count). The zero-order valence-corrected chi connectivity index (χ0v) is 12.8. The van der Waals surface area contributed by atoms with Crippen LogP contribution in [0.2, 0.25) is 0 Å². The van der Waals surface area contributed by atoms with Crippen molar-refractivity contribution < 1.29 is 4.42 Å². The summed E-state index contributed by atoms with van der Waals surface area (Å²) < 4.78 is 5.48. The summed E-state index contributed by atoms with van der Waals surface area (Å²) in [5.74, 6) is 1.45. The van der Waals surface area contributed by atoms with Crippen LogP contribution in [-0.2, 0) is 6.54 Å². The summed E-state index contributed by atoms with van der Waals surface area (Å²) in [5.41, 5.74) is 0.862. The van der Waals surface area contributed by atoms with Crippen molar-refractivity contribution in [1.82, 2.24) is 15.6 Å². The number of nitrogens with one attached hydrogen (secondary N) is 2. The highest BCUT2D eigenvalue weighted by atomic mass is 32.1. The third kappa shape index (κ3) is 3.84. The van der Waals surface area contributed by atoms with Gasteiger partial charge in [0.15, 0.2) is 5.96 Å². The first-order valence-electron chi connectivity index (χ1n) is 6.68. The van der Waals surface area contributed by atoms with Crippen molar-refractivity contribution in [3.05, 3.63) is 29.5 Å². The maximum absolute atomic E-state index is 5.48. The van der Waals surface area contributed by atoms with Gasteiger partial charge in [-0.2, -0.15) is 0 Å². The van der Waals surface area contributed by atoms with Gasteiger partial charge < -0.3 is 15.1 Å². The summed E-state index contributed by atoms with van der Waals surface area (Å²) in [6.45, 7) is 4.85. The van der Waals surface area contributed by atoms with Gasteiger partial charge in [0.05, 0.1) is 17.1 Å². The van der Waals surface area contributed by atoms with Crippen LogP contribution in [0.5, 0.6) is 0 Å². The monoisotopic (exact) mass is 292 g/mol. The second-order valence-corrected chi connectivity index (χ2v) is 5.45. The van der Waals surface area contributed by atoms with Crippen LogP contribution in [-0.4, -0.2) is 24.0 Å². The van der Waals surface area contributed by atoms with Crippen LogP contribution in [0, 0.1) is 0 Å². The molecule has 0 radical (unpaired) electrons. The first kappa shape index (κ1) is 14.6. The second kappa shape index (κ2) is 7.09. The molecule has 0 amide bonds. The Morgan fingerprint density at radius 2 is 2.40 bits per heavy atom. The highest BCUT2D eigenvalue weighted by Gasteiger charge is 2.08. The molecule has 5 nitrogen and oxygen atoms in total. The van der Waals surface area contributed by atoms with E-state index in [1.165, 1.54) is 0 Å². The van der Waals surface area contributed by atoms with Crippen molar-refractivity contribution in [3.8, 4) is 10.8 Å². The van der Waals surface area contributed by atoms with E-state index in [0.29, 0.717) is 18.5 Å². The molecule has 0 saturated heterocycles. The normalized spacial score (nSPS) is 13.2. The predicted molar refractivity (Wildman–Crippen MR) is 82.9 cm³/mol. The quantitative estimate of drug-likeness (QED) is 0.657. The summed E-state index contributed by atoms with van der Waals surface area (Å²) in [6, 6.07) is 4.37.